The third-order valence-corrected chi connectivity index (χ3v) is 7.38. The van der Waals surface area contributed by atoms with Gasteiger partial charge in [0.15, 0.2) is 0 Å². The first-order valence-electron chi connectivity index (χ1n) is 11.0. The summed E-state index contributed by atoms with van der Waals surface area (Å²) >= 11 is 0. The predicted molar refractivity (Wildman–Crippen MR) is 133 cm³/mol. The minimum absolute atomic E-state index is 1.04. The normalized spacial score (nSPS) is 13.9. The number of hydrogen-bond donors (Lipinski definition) is 0. The predicted octanol–water partition coefficient (Wildman–Crippen LogP) is 8.27. The van der Waals surface area contributed by atoms with Crippen LogP contribution < -0.4 is 0 Å². The molecule has 0 bridgehead atoms. The molecule has 0 radical (unpaired) electrons. The Balaban J connectivity index is 1.76. The topological polar surface area (TPSA) is 0 Å². The van der Waals surface area contributed by atoms with E-state index in [1.807, 2.05) is 0 Å². The van der Waals surface area contributed by atoms with Crippen molar-refractivity contribution in [3.05, 3.63) is 114 Å². The van der Waals surface area contributed by atoms with Gasteiger partial charge in [0.1, 0.15) is 0 Å². The first kappa shape index (κ1) is 15.9. The Labute approximate surface area is 180 Å². The maximum atomic E-state index is 2.46. The van der Waals surface area contributed by atoms with E-state index in [2.05, 4.69) is 97.1 Å². The van der Waals surface area contributed by atoms with Crippen LogP contribution in [0.2, 0.25) is 0 Å². The molecule has 2 aliphatic rings. The third-order valence-electron chi connectivity index (χ3n) is 7.38. The van der Waals surface area contributed by atoms with Crippen LogP contribution in [0.1, 0.15) is 16.7 Å². The molecule has 0 fully saturated rings. The highest BCUT2D eigenvalue weighted by Gasteiger charge is 2.33. The quantitative estimate of drug-likeness (QED) is 0.229. The molecule has 0 amide bonds. The SMILES string of the molecule is C1=C2c3c(cccc3-c3c2c2c4ccccc4ccc2c2ccc4ccccc4c32)C1. The van der Waals surface area contributed by atoms with Gasteiger partial charge >= 0.3 is 0 Å². The van der Waals surface area contributed by atoms with Crippen LogP contribution in [0.5, 0.6) is 0 Å². The molecule has 142 valence electrons. The number of benzene rings is 6. The maximum absolute atomic E-state index is 2.46. The summed E-state index contributed by atoms with van der Waals surface area (Å²) < 4.78 is 0. The molecule has 0 heterocycles. The Morgan fingerprint density at radius 1 is 0.452 bits per heavy atom. The average molecular weight is 390 g/mol. The molecule has 31 heavy (non-hydrogen) atoms. The zero-order chi connectivity index (χ0) is 20.1. The van der Waals surface area contributed by atoms with E-state index in [-0.39, 0.29) is 0 Å². The molecule has 8 rings (SSSR count). The van der Waals surface area contributed by atoms with Gasteiger partial charge in [0, 0.05) is 0 Å². The highest BCUT2D eigenvalue weighted by atomic mass is 14.4. The second kappa shape index (κ2) is 5.42. The molecule has 0 atom stereocenters. The van der Waals surface area contributed by atoms with Gasteiger partial charge in [-0.3, -0.25) is 0 Å². The summed E-state index contributed by atoms with van der Waals surface area (Å²) in [7, 11) is 0. The minimum atomic E-state index is 1.04. The van der Waals surface area contributed by atoms with E-state index in [9.17, 15) is 0 Å². The summed E-state index contributed by atoms with van der Waals surface area (Å²) in [5.74, 6) is 0. The molecule has 2 aliphatic carbocycles. The lowest BCUT2D eigenvalue weighted by atomic mass is 9.86. The number of hydrogen-bond acceptors (Lipinski definition) is 0. The lowest BCUT2D eigenvalue weighted by Gasteiger charge is -2.17. The summed E-state index contributed by atoms with van der Waals surface area (Å²) in [6, 6.07) is 33.8. The van der Waals surface area contributed by atoms with Gasteiger partial charge in [0.25, 0.3) is 0 Å². The molecule has 0 saturated heterocycles. The largest absolute Gasteiger partial charge is 0.0716 e. The van der Waals surface area contributed by atoms with E-state index in [1.165, 1.54) is 76.5 Å². The molecular formula is C31H18. The summed E-state index contributed by atoms with van der Waals surface area (Å²) in [5.41, 5.74) is 8.65. The molecule has 0 N–H and O–H groups in total. The summed E-state index contributed by atoms with van der Waals surface area (Å²) in [5, 5.41) is 10.9. The summed E-state index contributed by atoms with van der Waals surface area (Å²) in [4.78, 5) is 0. The van der Waals surface area contributed by atoms with Crippen molar-refractivity contribution >= 4 is 48.7 Å². The monoisotopic (exact) mass is 390 g/mol. The molecule has 0 heteroatoms. The fourth-order valence-electron chi connectivity index (χ4n) is 6.16. The van der Waals surface area contributed by atoms with Gasteiger partial charge in [-0.2, -0.15) is 0 Å². The van der Waals surface area contributed by atoms with Crippen molar-refractivity contribution in [2.24, 2.45) is 0 Å². The third kappa shape index (κ3) is 1.83. The molecule has 0 unspecified atom stereocenters. The average Bonchev–Trinajstić information content (AvgIpc) is 3.41. The van der Waals surface area contributed by atoms with Crippen molar-refractivity contribution in [1.29, 1.82) is 0 Å². The smallest absolute Gasteiger partial charge is 0.000743 e. The van der Waals surface area contributed by atoms with Crippen LogP contribution in [-0.2, 0) is 6.42 Å². The number of allylic oxidation sites excluding steroid dienone is 1. The van der Waals surface area contributed by atoms with Crippen molar-refractivity contribution in [2.45, 2.75) is 6.42 Å². The van der Waals surface area contributed by atoms with Crippen molar-refractivity contribution in [1.82, 2.24) is 0 Å². The van der Waals surface area contributed by atoms with Gasteiger partial charge < -0.3 is 0 Å². The van der Waals surface area contributed by atoms with E-state index in [1.54, 1.807) is 0 Å². The van der Waals surface area contributed by atoms with Gasteiger partial charge in [0.05, 0.1) is 0 Å². The Morgan fingerprint density at radius 2 is 1.10 bits per heavy atom. The van der Waals surface area contributed by atoms with Crippen molar-refractivity contribution in [2.75, 3.05) is 0 Å². The van der Waals surface area contributed by atoms with E-state index in [0.29, 0.717) is 0 Å². The molecule has 0 spiro atoms. The van der Waals surface area contributed by atoms with Gasteiger partial charge in [-0.25, -0.2) is 0 Å². The van der Waals surface area contributed by atoms with Crippen LogP contribution in [0.4, 0.5) is 0 Å². The first-order chi connectivity index (χ1) is 15.4. The number of rotatable bonds is 0. The highest BCUT2D eigenvalue weighted by molar-refractivity contribution is 6.33. The fraction of sp³-hybridized carbons (Fsp3) is 0.0323. The molecule has 0 saturated carbocycles. The van der Waals surface area contributed by atoms with Crippen LogP contribution in [0.3, 0.4) is 0 Å². The number of fused-ring (bicyclic) bond motifs is 12. The lowest BCUT2D eigenvalue weighted by Crippen LogP contribution is -1.91. The molecule has 0 aliphatic heterocycles. The maximum Gasteiger partial charge on any atom is -0.000743 e. The van der Waals surface area contributed by atoms with E-state index < -0.39 is 0 Å². The van der Waals surface area contributed by atoms with Gasteiger partial charge in [-0.05, 0) is 82.9 Å². The van der Waals surface area contributed by atoms with Crippen LogP contribution >= 0.6 is 0 Å². The molecule has 0 nitrogen and oxygen atoms in total. The second-order valence-corrected chi connectivity index (χ2v) is 8.83. The molecular weight excluding hydrogens is 372 g/mol. The van der Waals surface area contributed by atoms with Crippen LogP contribution in [0.25, 0.3) is 59.8 Å². The van der Waals surface area contributed by atoms with Crippen molar-refractivity contribution in [3.63, 3.8) is 0 Å². The molecule has 6 aromatic carbocycles. The Kier molecular flexibility index (Phi) is 2.77. The summed E-state index contributed by atoms with van der Waals surface area (Å²) in [6.07, 6.45) is 3.50. The van der Waals surface area contributed by atoms with Gasteiger partial charge in [-0.1, -0.05) is 97.1 Å². The molecule has 0 aromatic heterocycles. The second-order valence-electron chi connectivity index (χ2n) is 8.83. The Bertz CT molecular complexity index is 1800. The van der Waals surface area contributed by atoms with E-state index >= 15 is 0 Å². The summed E-state index contributed by atoms with van der Waals surface area (Å²) in [6.45, 7) is 0. The standard InChI is InChI=1S/C31H18/c1-3-9-21-18(6-1)12-15-23-24-16-13-19-7-2-4-10-22(19)29(24)31-26-17-14-20-8-5-11-25(27(20)26)30(31)28(21)23/h1-13,15-17H,14H2. The molecule has 6 aromatic rings. The van der Waals surface area contributed by atoms with Crippen LogP contribution in [0, 0.1) is 0 Å². The van der Waals surface area contributed by atoms with Crippen molar-refractivity contribution < 1.29 is 0 Å². The Hall–Kier alpha value is -3.90. The lowest BCUT2D eigenvalue weighted by molar-refractivity contribution is 1.31. The first-order valence-corrected chi connectivity index (χ1v) is 11.0. The fourth-order valence-corrected chi connectivity index (χ4v) is 6.16. The van der Waals surface area contributed by atoms with Crippen LogP contribution in [0.15, 0.2) is 97.1 Å². The van der Waals surface area contributed by atoms with E-state index in [4.69, 9.17) is 0 Å². The van der Waals surface area contributed by atoms with E-state index in [0.717, 1.165) is 6.42 Å². The van der Waals surface area contributed by atoms with Gasteiger partial charge in [0.2, 0.25) is 0 Å². The highest BCUT2D eigenvalue weighted by Crippen LogP contribution is 2.56. The zero-order valence-electron chi connectivity index (χ0n) is 16.9. The van der Waals surface area contributed by atoms with Crippen molar-refractivity contribution in [3.8, 4) is 11.1 Å². The van der Waals surface area contributed by atoms with Gasteiger partial charge in [-0.15, -0.1) is 0 Å². The zero-order valence-corrected chi connectivity index (χ0v) is 16.9. The Morgan fingerprint density at radius 3 is 1.81 bits per heavy atom. The minimum Gasteiger partial charge on any atom is -0.0716 e. The van der Waals surface area contributed by atoms with Crippen LogP contribution in [-0.4, -0.2) is 0 Å².